The Hall–Kier alpha value is -2.08. The van der Waals surface area contributed by atoms with Crippen LogP contribution in [0.25, 0.3) is 11.1 Å². The number of anilines is 1. The number of benzene rings is 1. The van der Waals surface area contributed by atoms with Crippen molar-refractivity contribution in [3.8, 4) is 0 Å². The molecule has 106 valence electrons. The topological polar surface area (TPSA) is 78.6 Å². The van der Waals surface area contributed by atoms with Gasteiger partial charge in [-0.3, -0.25) is 0 Å². The summed E-state index contributed by atoms with van der Waals surface area (Å²) in [5.74, 6) is 0.801. The van der Waals surface area contributed by atoms with Crippen molar-refractivity contribution >= 4 is 22.8 Å². The summed E-state index contributed by atoms with van der Waals surface area (Å²) in [6.45, 7) is 3.21. The van der Waals surface area contributed by atoms with E-state index in [2.05, 4.69) is 10.3 Å². The van der Waals surface area contributed by atoms with Crippen LogP contribution < -0.4 is 5.32 Å². The Morgan fingerprint density at radius 1 is 1.60 bits per heavy atom. The van der Waals surface area contributed by atoms with E-state index in [4.69, 9.17) is 9.52 Å². The minimum atomic E-state index is -0.138. The fraction of sp³-hybridized carbons (Fsp3) is 0.429. The van der Waals surface area contributed by atoms with Crippen molar-refractivity contribution in [1.29, 1.82) is 0 Å². The Labute approximate surface area is 116 Å². The number of hydrogen-bond donors (Lipinski definition) is 2. The van der Waals surface area contributed by atoms with E-state index in [1.54, 1.807) is 30.0 Å². The van der Waals surface area contributed by atoms with Crippen LogP contribution >= 0.6 is 0 Å². The van der Waals surface area contributed by atoms with E-state index < -0.39 is 0 Å². The molecule has 2 aromatic rings. The molecule has 1 aliphatic rings. The third-order valence-electron chi connectivity index (χ3n) is 3.58. The van der Waals surface area contributed by atoms with Crippen LogP contribution in [0, 0.1) is 12.8 Å². The maximum absolute atomic E-state index is 12.1. The lowest BCUT2D eigenvalue weighted by Crippen LogP contribution is -2.33. The van der Waals surface area contributed by atoms with E-state index in [0.29, 0.717) is 30.3 Å². The summed E-state index contributed by atoms with van der Waals surface area (Å²) in [5.41, 5.74) is 2.14. The Morgan fingerprint density at radius 2 is 2.45 bits per heavy atom. The zero-order valence-electron chi connectivity index (χ0n) is 11.3. The predicted octanol–water partition coefficient (Wildman–Crippen LogP) is 1.98. The maximum Gasteiger partial charge on any atom is 0.321 e. The minimum absolute atomic E-state index is 0.133. The summed E-state index contributed by atoms with van der Waals surface area (Å²) in [7, 11) is 0. The fourth-order valence-electron chi connectivity index (χ4n) is 2.49. The van der Waals surface area contributed by atoms with E-state index in [1.165, 1.54) is 0 Å². The van der Waals surface area contributed by atoms with Crippen molar-refractivity contribution < 1.29 is 14.3 Å². The average Bonchev–Trinajstić information content (AvgIpc) is 3.03. The molecule has 0 bridgehead atoms. The molecule has 6 nitrogen and oxygen atoms in total. The van der Waals surface area contributed by atoms with Crippen LogP contribution in [0.3, 0.4) is 0 Å². The number of fused-ring (bicyclic) bond motifs is 1. The molecule has 2 heterocycles. The Bertz CT molecular complexity index is 638. The van der Waals surface area contributed by atoms with Gasteiger partial charge in [0, 0.05) is 38.2 Å². The van der Waals surface area contributed by atoms with E-state index in [-0.39, 0.29) is 18.6 Å². The lowest BCUT2D eigenvalue weighted by atomic mass is 10.1. The first kappa shape index (κ1) is 12.9. The summed E-state index contributed by atoms with van der Waals surface area (Å²) in [6.07, 6.45) is 0.853. The highest BCUT2D eigenvalue weighted by Gasteiger charge is 2.25. The molecule has 0 saturated carbocycles. The number of carbonyl (C=O) groups is 1. The van der Waals surface area contributed by atoms with Crippen LogP contribution in [0.1, 0.15) is 12.3 Å². The Morgan fingerprint density at radius 3 is 3.20 bits per heavy atom. The van der Waals surface area contributed by atoms with Crippen LogP contribution in [0.5, 0.6) is 0 Å². The second-order valence-electron chi connectivity index (χ2n) is 5.13. The SMILES string of the molecule is Cc1nc2cc(NC(=O)N3CCC(CO)C3)ccc2o1. The number of aryl methyl sites for hydroxylation is 1. The predicted molar refractivity (Wildman–Crippen MR) is 74.5 cm³/mol. The molecule has 2 N–H and O–H groups in total. The summed E-state index contributed by atoms with van der Waals surface area (Å²) < 4.78 is 5.39. The molecule has 3 rings (SSSR count). The van der Waals surface area contributed by atoms with Crippen molar-refractivity contribution in [3.05, 3.63) is 24.1 Å². The molecule has 0 spiro atoms. The molecule has 6 heteroatoms. The number of rotatable bonds is 2. The smallest absolute Gasteiger partial charge is 0.321 e. The second-order valence-corrected chi connectivity index (χ2v) is 5.13. The normalized spacial score (nSPS) is 18.7. The number of nitrogens with zero attached hydrogens (tertiary/aromatic N) is 2. The zero-order chi connectivity index (χ0) is 14.1. The fourth-order valence-corrected chi connectivity index (χ4v) is 2.49. The summed E-state index contributed by atoms with van der Waals surface area (Å²) in [4.78, 5) is 18.1. The number of oxazole rings is 1. The van der Waals surface area contributed by atoms with Gasteiger partial charge in [0.25, 0.3) is 0 Å². The van der Waals surface area contributed by atoms with Crippen molar-refractivity contribution in [1.82, 2.24) is 9.88 Å². The first-order valence-corrected chi connectivity index (χ1v) is 6.69. The second kappa shape index (κ2) is 5.13. The van der Waals surface area contributed by atoms with Gasteiger partial charge in [-0.05, 0) is 24.6 Å². The number of aromatic nitrogens is 1. The maximum atomic E-state index is 12.1. The highest BCUT2D eigenvalue weighted by atomic mass is 16.3. The molecule has 2 amide bonds. The molecule has 1 fully saturated rings. The molecule has 1 aromatic heterocycles. The number of urea groups is 1. The van der Waals surface area contributed by atoms with Gasteiger partial charge in [-0.15, -0.1) is 0 Å². The average molecular weight is 275 g/mol. The standard InChI is InChI=1S/C14H17N3O3/c1-9-15-12-6-11(2-3-13(12)20-9)16-14(19)17-5-4-10(7-17)8-18/h2-3,6,10,18H,4-5,7-8H2,1H3,(H,16,19). The number of likely N-dealkylation sites (tertiary alicyclic amines) is 1. The highest BCUT2D eigenvalue weighted by molar-refractivity contribution is 5.91. The molecular weight excluding hydrogens is 258 g/mol. The molecule has 1 atom stereocenters. The molecule has 1 unspecified atom stereocenters. The van der Waals surface area contributed by atoms with Crippen molar-refractivity contribution in [2.24, 2.45) is 5.92 Å². The van der Waals surface area contributed by atoms with Gasteiger partial charge >= 0.3 is 6.03 Å². The van der Waals surface area contributed by atoms with Crippen molar-refractivity contribution in [3.63, 3.8) is 0 Å². The van der Waals surface area contributed by atoms with Gasteiger partial charge in [-0.1, -0.05) is 0 Å². The van der Waals surface area contributed by atoms with Gasteiger partial charge < -0.3 is 19.7 Å². The van der Waals surface area contributed by atoms with Gasteiger partial charge in [0.15, 0.2) is 11.5 Å². The molecular formula is C14H17N3O3. The minimum Gasteiger partial charge on any atom is -0.441 e. The Balaban J connectivity index is 1.71. The zero-order valence-corrected chi connectivity index (χ0v) is 11.3. The molecule has 1 aliphatic heterocycles. The number of carbonyl (C=O) groups excluding carboxylic acids is 1. The van der Waals surface area contributed by atoms with Crippen LogP contribution in [0.4, 0.5) is 10.5 Å². The van der Waals surface area contributed by atoms with E-state index >= 15 is 0 Å². The van der Waals surface area contributed by atoms with E-state index in [9.17, 15) is 4.79 Å². The van der Waals surface area contributed by atoms with E-state index in [1.807, 2.05) is 0 Å². The molecule has 1 aromatic carbocycles. The van der Waals surface area contributed by atoms with Crippen LogP contribution in [-0.4, -0.2) is 40.7 Å². The van der Waals surface area contributed by atoms with Gasteiger partial charge in [0.05, 0.1) is 0 Å². The Kier molecular flexibility index (Phi) is 3.31. The lowest BCUT2D eigenvalue weighted by molar-refractivity contribution is 0.209. The third-order valence-corrected chi connectivity index (χ3v) is 3.58. The molecule has 20 heavy (non-hydrogen) atoms. The largest absolute Gasteiger partial charge is 0.441 e. The van der Waals surface area contributed by atoms with Crippen LogP contribution in [0.2, 0.25) is 0 Å². The number of aliphatic hydroxyl groups excluding tert-OH is 1. The first-order chi connectivity index (χ1) is 9.65. The number of aliphatic hydroxyl groups is 1. The number of amides is 2. The van der Waals surface area contributed by atoms with Gasteiger partial charge in [0.1, 0.15) is 5.52 Å². The van der Waals surface area contributed by atoms with Gasteiger partial charge in [0.2, 0.25) is 0 Å². The quantitative estimate of drug-likeness (QED) is 0.878. The van der Waals surface area contributed by atoms with Crippen LogP contribution in [-0.2, 0) is 0 Å². The van der Waals surface area contributed by atoms with E-state index in [0.717, 1.165) is 11.9 Å². The van der Waals surface area contributed by atoms with Gasteiger partial charge in [-0.25, -0.2) is 9.78 Å². The monoisotopic (exact) mass is 275 g/mol. The van der Waals surface area contributed by atoms with Crippen molar-refractivity contribution in [2.45, 2.75) is 13.3 Å². The summed E-state index contributed by atoms with van der Waals surface area (Å²) in [5, 5.41) is 12.0. The molecule has 0 radical (unpaired) electrons. The molecule has 0 aliphatic carbocycles. The third kappa shape index (κ3) is 2.46. The van der Waals surface area contributed by atoms with Crippen LogP contribution in [0.15, 0.2) is 22.6 Å². The first-order valence-electron chi connectivity index (χ1n) is 6.69. The summed E-state index contributed by atoms with van der Waals surface area (Å²) in [6, 6.07) is 5.25. The number of hydrogen-bond acceptors (Lipinski definition) is 4. The molecule has 1 saturated heterocycles. The highest BCUT2D eigenvalue weighted by Crippen LogP contribution is 2.21. The summed E-state index contributed by atoms with van der Waals surface area (Å²) >= 11 is 0. The van der Waals surface area contributed by atoms with Gasteiger partial charge in [-0.2, -0.15) is 0 Å². The number of nitrogens with one attached hydrogen (secondary N) is 1. The lowest BCUT2D eigenvalue weighted by Gasteiger charge is -2.16. The van der Waals surface area contributed by atoms with Crippen molar-refractivity contribution in [2.75, 3.05) is 25.0 Å².